The van der Waals surface area contributed by atoms with E-state index < -0.39 is 0 Å². The molecule has 4 atom stereocenters. The Labute approximate surface area is 114 Å². The SMILES string of the molecule is CCCC1NC(=O)C(C)N(C2CCOC(C)C2)C1=O. The molecule has 2 aliphatic heterocycles. The van der Waals surface area contributed by atoms with Crippen LogP contribution in [0.2, 0.25) is 0 Å². The van der Waals surface area contributed by atoms with Crippen molar-refractivity contribution >= 4 is 11.8 Å². The Morgan fingerprint density at radius 1 is 1.37 bits per heavy atom. The molecule has 0 aliphatic carbocycles. The number of carbonyl (C=O) groups excluding carboxylic acids is 2. The van der Waals surface area contributed by atoms with Crippen LogP contribution in [0.4, 0.5) is 0 Å². The predicted octanol–water partition coefficient (Wildman–Crippen LogP) is 1.07. The zero-order valence-electron chi connectivity index (χ0n) is 12.0. The minimum Gasteiger partial charge on any atom is -0.378 e. The summed E-state index contributed by atoms with van der Waals surface area (Å²) < 4.78 is 5.53. The molecule has 2 aliphatic rings. The van der Waals surface area contributed by atoms with Crippen LogP contribution in [0.3, 0.4) is 0 Å². The van der Waals surface area contributed by atoms with E-state index in [1.165, 1.54) is 0 Å². The van der Waals surface area contributed by atoms with Gasteiger partial charge in [-0.05, 0) is 33.1 Å². The number of amides is 2. The molecule has 0 saturated carbocycles. The quantitative estimate of drug-likeness (QED) is 0.833. The maximum atomic E-state index is 12.5. The van der Waals surface area contributed by atoms with E-state index in [1.54, 1.807) is 4.90 Å². The number of piperazine rings is 1. The first-order chi connectivity index (χ1) is 9.04. The van der Waals surface area contributed by atoms with Crippen molar-refractivity contribution in [3.63, 3.8) is 0 Å². The second-order valence-corrected chi connectivity index (χ2v) is 5.63. The molecule has 0 radical (unpaired) electrons. The Kier molecular flexibility index (Phi) is 4.45. The normalized spacial score (nSPS) is 36.3. The lowest BCUT2D eigenvalue weighted by molar-refractivity contribution is -0.154. The molecule has 5 heteroatoms. The first-order valence-corrected chi connectivity index (χ1v) is 7.28. The van der Waals surface area contributed by atoms with E-state index >= 15 is 0 Å². The molecule has 108 valence electrons. The Bertz CT molecular complexity index is 359. The van der Waals surface area contributed by atoms with Crippen molar-refractivity contribution in [2.75, 3.05) is 6.61 Å². The Balaban J connectivity index is 2.14. The topological polar surface area (TPSA) is 58.6 Å². The van der Waals surface area contributed by atoms with Crippen molar-refractivity contribution in [2.24, 2.45) is 0 Å². The van der Waals surface area contributed by atoms with Crippen LogP contribution in [0.25, 0.3) is 0 Å². The largest absolute Gasteiger partial charge is 0.378 e. The first kappa shape index (κ1) is 14.3. The van der Waals surface area contributed by atoms with Crippen molar-refractivity contribution in [1.82, 2.24) is 10.2 Å². The third-order valence-electron chi connectivity index (χ3n) is 4.09. The van der Waals surface area contributed by atoms with E-state index in [9.17, 15) is 9.59 Å². The lowest BCUT2D eigenvalue weighted by Gasteiger charge is -2.44. The monoisotopic (exact) mass is 268 g/mol. The zero-order valence-corrected chi connectivity index (χ0v) is 12.0. The molecule has 0 aromatic rings. The van der Waals surface area contributed by atoms with Crippen LogP contribution in [-0.2, 0) is 14.3 Å². The van der Waals surface area contributed by atoms with Gasteiger partial charge in [0.2, 0.25) is 11.8 Å². The number of nitrogens with one attached hydrogen (secondary N) is 1. The lowest BCUT2D eigenvalue weighted by atomic mass is 9.96. The third-order valence-corrected chi connectivity index (χ3v) is 4.09. The molecule has 0 aromatic heterocycles. The first-order valence-electron chi connectivity index (χ1n) is 7.28. The Morgan fingerprint density at radius 2 is 2.11 bits per heavy atom. The van der Waals surface area contributed by atoms with Crippen LogP contribution in [0, 0.1) is 0 Å². The predicted molar refractivity (Wildman–Crippen MR) is 71.6 cm³/mol. The maximum absolute atomic E-state index is 12.5. The summed E-state index contributed by atoms with van der Waals surface area (Å²) in [6, 6.07) is -0.570. The van der Waals surface area contributed by atoms with Crippen molar-refractivity contribution in [3.8, 4) is 0 Å². The second kappa shape index (κ2) is 5.90. The summed E-state index contributed by atoms with van der Waals surface area (Å²) in [5.41, 5.74) is 0. The van der Waals surface area contributed by atoms with E-state index in [0.29, 0.717) is 13.0 Å². The van der Waals surface area contributed by atoms with Gasteiger partial charge in [0.25, 0.3) is 0 Å². The summed E-state index contributed by atoms with van der Waals surface area (Å²) in [5, 5.41) is 2.84. The van der Waals surface area contributed by atoms with Gasteiger partial charge in [-0.2, -0.15) is 0 Å². The number of ether oxygens (including phenoxy) is 1. The van der Waals surface area contributed by atoms with E-state index in [4.69, 9.17) is 4.74 Å². The van der Waals surface area contributed by atoms with Crippen molar-refractivity contribution in [2.45, 2.75) is 70.7 Å². The van der Waals surface area contributed by atoms with Gasteiger partial charge >= 0.3 is 0 Å². The van der Waals surface area contributed by atoms with Crippen LogP contribution >= 0.6 is 0 Å². The Morgan fingerprint density at radius 3 is 2.74 bits per heavy atom. The second-order valence-electron chi connectivity index (χ2n) is 5.63. The molecule has 1 N–H and O–H groups in total. The van der Waals surface area contributed by atoms with Gasteiger partial charge in [0.15, 0.2) is 0 Å². The summed E-state index contributed by atoms with van der Waals surface area (Å²) in [7, 11) is 0. The summed E-state index contributed by atoms with van der Waals surface area (Å²) in [6.07, 6.45) is 3.41. The molecule has 0 aromatic carbocycles. The Hall–Kier alpha value is -1.10. The molecule has 2 amide bonds. The minimum atomic E-state index is -0.365. The van der Waals surface area contributed by atoms with Gasteiger partial charge in [0.05, 0.1) is 6.10 Å². The molecule has 0 spiro atoms. The smallest absolute Gasteiger partial charge is 0.246 e. The van der Waals surface area contributed by atoms with Crippen LogP contribution in [-0.4, -0.2) is 47.6 Å². The summed E-state index contributed by atoms with van der Waals surface area (Å²) >= 11 is 0. The number of rotatable bonds is 3. The van der Waals surface area contributed by atoms with Gasteiger partial charge < -0.3 is 15.0 Å². The van der Waals surface area contributed by atoms with Crippen molar-refractivity contribution in [1.29, 1.82) is 0 Å². The van der Waals surface area contributed by atoms with Gasteiger partial charge in [0.1, 0.15) is 12.1 Å². The lowest BCUT2D eigenvalue weighted by Crippen LogP contribution is -2.65. The fraction of sp³-hybridized carbons (Fsp3) is 0.857. The molecule has 19 heavy (non-hydrogen) atoms. The average Bonchev–Trinajstić information content (AvgIpc) is 2.36. The van der Waals surface area contributed by atoms with Crippen molar-refractivity contribution in [3.05, 3.63) is 0 Å². The molecule has 5 nitrogen and oxygen atoms in total. The summed E-state index contributed by atoms with van der Waals surface area (Å²) in [4.78, 5) is 26.4. The minimum absolute atomic E-state index is 0.0304. The van der Waals surface area contributed by atoms with Crippen LogP contribution in [0.15, 0.2) is 0 Å². The zero-order chi connectivity index (χ0) is 14.0. The third kappa shape index (κ3) is 2.91. The van der Waals surface area contributed by atoms with E-state index in [-0.39, 0.29) is 36.0 Å². The van der Waals surface area contributed by atoms with E-state index in [2.05, 4.69) is 5.32 Å². The van der Waals surface area contributed by atoms with Crippen LogP contribution in [0.1, 0.15) is 46.5 Å². The average molecular weight is 268 g/mol. The van der Waals surface area contributed by atoms with E-state index in [1.807, 2.05) is 20.8 Å². The molecule has 2 fully saturated rings. The molecule has 4 unspecified atom stereocenters. The molecular weight excluding hydrogens is 244 g/mol. The van der Waals surface area contributed by atoms with Gasteiger partial charge in [-0.3, -0.25) is 9.59 Å². The highest BCUT2D eigenvalue weighted by molar-refractivity contribution is 5.96. The van der Waals surface area contributed by atoms with Gasteiger partial charge in [0, 0.05) is 12.6 Å². The number of hydrogen-bond donors (Lipinski definition) is 1. The molecule has 2 rings (SSSR count). The number of hydrogen-bond acceptors (Lipinski definition) is 3. The summed E-state index contributed by atoms with van der Waals surface area (Å²) in [5.74, 6) is 0.0465. The van der Waals surface area contributed by atoms with Crippen LogP contribution in [0.5, 0.6) is 0 Å². The van der Waals surface area contributed by atoms with Gasteiger partial charge in [-0.25, -0.2) is 0 Å². The number of carbonyl (C=O) groups is 2. The van der Waals surface area contributed by atoms with E-state index in [0.717, 1.165) is 19.3 Å². The summed E-state index contributed by atoms with van der Waals surface area (Å²) in [6.45, 7) is 6.53. The molecule has 2 heterocycles. The fourth-order valence-electron chi connectivity index (χ4n) is 3.06. The molecular formula is C14H24N2O3. The molecule has 0 bridgehead atoms. The highest BCUT2D eigenvalue weighted by atomic mass is 16.5. The highest BCUT2D eigenvalue weighted by Crippen LogP contribution is 2.24. The molecule has 2 saturated heterocycles. The van der Waals surface area contributed by atoms with Gasteiger partial charge in [-0.15, -0.1) is 0 Å². The maximum Gasteiger partial charge on any atom is 0.246 e. The standard InChI is InChI=1S/C14H24N2O3/c1-4-5-12-14(18)16(10(3)13(17)15-12)11-6-7-19-9(2)8-11/h9-12H,4-8H2,1-3H3,(H,15,17). The van der Waals surface area contributed by atoms with Crippen LogP contribution < -0.4 is 5.32 Å². The van der Waals surface area contributed by atoms with Gasteiger partial charge in [-0.1, -0.05) is 13.3 Å². The highest BCUT2D eigenvalue weighted by Gasteiger charge is 2.42. The number of nitrogens with zero attached hydrogens (tertiary/aromatic N) is 1. The van der Waals surface area contributed by atoms with Crippen molar-refractivity contribution < 1.29 is 14.3 Å². The fourth-order valence-corrected chi connectivity index (χ4v) is 3.06.